The summed E-state index contributed by atoms with van der Waals surface area (Å²) in [5, 5.41) is 18.7. The van der Waals surface area contributed by atoms with Crippen molar-refractivity contribution in [1.82, 2.24) is 0 Å². The Morgan fingerprint density at radius 3 is 2.25 bits per heavy atom. The number of rotatable bonds is 5. The van der Waals surface area contributed by atoms with Gasteiger partial charge in [0.25, 0.3) is 0 Å². The minimum absolute atomic E-state index is 0.0990. The van der Waals surface area contributed by atoms with E-state index >= 15 is 0 Å². The first-order valence-corrected chi connectivity index (χ1v) is 5.71. The summed E-state index contributed by atoms with van der Waals surface area (Å²) >= 11 is 0. The molecular formula is C13H21NO2. The predicted molar refractivity (Wildman–Crippen MR) is 66.6 cm³/mol. The van der Waals surface area contributed by atoms with Gasteiger partial charge in [-0.15, -0.1) is 0 Å². The maximum atomic E-state index is 9.66. The Morgan fingerprint density at radius 1 is 1.25 bits per heavy atom. The molecular weight excluding hydrogens is 202 g/mol. The quantitative estimate of drug-likeness (QED) is 0.802. The minimum Gasteiger partial charge on any atom is -0.394 e. The van der Waals surface area contributed by atoms with Gasteiger partial charge >= 0.3 is 0 Å². The molecule has 0 saturated heterocycles. The van der Waals surface area contributed by atoms with Crippen LogP contribution in [0.5, 0.6) is 0 Å². The van der Waals surface area contributed by atoms with Gasteiger partial charge in [-0.1, -0.05) is 19.1 Å². The van der Waals surface area contributed by atoms with Gasteiger partial charge in [0.2, 0.25) is 0 Å². The molecule has 0 aliphatic heterocycles. The molecule has 0 heterocycles. The molecule has 1 rings (SSSR count). The fourth-order valence-corrected chi connectivity index (χ4v) is 1.54. The maximum Gasteiger partial charge on any atom is 0.0787 e. The lowest BCUT2D eigenvalue weighted by molar-refractivity contribution is 0.173. The molecule has 1 aromatic carbocycles. The Kier molecular flexibility index (Phi) is 4.77. The van der Waals surface area contributed by atoms with Gasteiger partial charge in [-0.05, 0) is 31.0 Å². The molecule has 90 valence electrons. The first-order chi connectivity index (χ1) is 7.60. The highest BCUT2D eigenvalue weighted by atomic mass is 16.3. The first-order valence-electron chi connectivity index (χ1n) is 5.71. The largest absolute Gasteiger partial charge is 0.394 e. The maximum absolute atomic E-state index is 9.66. The summed E-state index contributed by atoms with van der Waals surface area (Å²) in [4.78, 5) is 2.02. The summed E-state index contributed by atoms with van der Waals surface area (Å²) in [5.41, 5.74) is 1.99. The Labute approximate surface area is 97.3 Å². The van der Waals surface area contributed by atoms with Crippen molar-refractivity contribution in [3.05, 3.63) is 29.8 Å². The molecule has 3 nitrogen and oxygen atoms in total. The van der Waals surface area contributed by atoms with Crippen LogP contribution in [-0.4, -0.2) is 29.9 Å². The third-order valence-corrected chi connectivity index (χ3v) is 3.00. The fraction of sp³-hybridized carbons (Fsp3) is 0.538. The van der Waals surface area contributed by atoms with Crippen LogP contribution in [-0.2, 0) is 0 Å². The van der Waals surface area contributed by atoms with Crippen molar-refractivity contribution < 1.29 is 10.2 Å². The van der Waals surface area contributed by atoms with Crippen LogP contribution < -0.4 is 4.90 Å². The van der Waals surface area contributed by atoms with Crippen LogP contribution in [0.25, 0.3) is 0 Å². The lowest BCUT2D eigenvalue weighted by Crippen LogP contribution is -2.31. The first kappa shape index (κ1) is 13.0. The van der Waals surface area contributed by atoms with Gasteiger partial charge in [0.15, 0.2) is 0 Å². The summed E-state index contributed by atoms with van der Waals surface area (Å²) in [6, 6.07) is 7.91. The number of aliphatic hydroxyl groups excluding tert-OH is 2. The van der Waals surface area contributed by atoms with E-state index in [-0.39, 0.29) is 18.8 Å². The molecule has 1 unspecified atom stereocenters. The van der Waals surface area contributed by atoms with E-state index in [0.717, 1.165) is 17.7 Å². The molecule has 0 aromatic heterocycles. The van der Waals surface area contributed by atoms with Crippen molar-refractivity contribution in [3.8, 4) is 0 Å². The number of hydrogen-bond acceptors (Lipinski definition) is 3. The molecule has 0 bridgehead atoms. The van der Waals surface area contributed by atoms with E-state index in [0.29, 0.717) is 0 Å². The number of likely N-dealkylation sites (N-methyl/N-ethyl adjacent to an activating group) is 1. The van der Waals surface area contributed by atoms with Crippen molar-refractivity contribution in [2.24, 2.45) is 0 Å². The fourth-order valence-electron chi connectivity index (χ4n) is 1.54. The van der Waals surface area contributed by atoms with Crippen molar-refractivity contribution in [2.75, 3.05) is 18.6 Å². The van der Waals surface area contributed by atoms with Gasteiger partial charge in [0.1, 0.15) is 0 Å². The molecule has 0 saturated carbocycles. The second-order valence-electron chi connectivity index (χ2n) is 4.16. The summed E-state index contributed by atoms with van der Waals surface area (Å²) in [6.45, 7) is 4.06. The molecule has 0 aliphatic carbocycles. The molecule has 0 amide bonds. The topological polar surface area (TPSA) is 43.7 Å². The van der Waals surface area contributed by atoms with Gasteiger partial charge in [-0.25, -0.2) is 0 Å². The molecule has 0 fully saturated rings. The molecule has 2 N–H and O–H groups in total. The van der Waals surface area contributed by atoms with Crippen LogP contribution in [0.2, 0.25) is 0 Å². The minimum atomic E-state index is -0.380. The molecule has 3 heteroatoms. The second kappa shape index (κ2) is 5.87. The summed E-state index contributed by atoms with van der Waals surface area (Å²) < 4.78 is 0. The Morgan fingerprint density at radius 2 is 1.81 bits per heavy atom. The smallest absolute Gasteiger partial charge is 0.0787 e. The SMILES string of the molecule is CC[C@@H](O)c1ccc(N(C)C(C)CO)cc1. The van der Waals surface area contributed by atoms with E-state index in [1.54, 1.807) is 0 Å². The van der Waals surface area contributed by atoms with Crippen molar-refractivity contribution in [2.45, 2.75) is 32.4 Å². The van der Waals surface area contributed by atoms with Crippen LogP contribution in [0.1, 0.15) is 31.9 Å². The zero-order valence-corrected chi connectivity index (χ0v) is 10.2. The zero-order valence-electron chi connectivity index (χ0n) is 10.2. The van der Waals surface area contributed by atoms with E-state index in [1.165, 1.54) is 0 Å². The van der Waals surface area contributed by atoms with Crippen LogP contribution in [0.4, 0.5) is 5.69 Å². The predicted octanol–water partition coefficient (Wildman–Crippen LogP) is 1.95. The number of nitrogens with zero attached hydrogens (tertiary/aromatic N) is 1. The normalized spacial score (nSPS) is 14.6. The number of aliphatic hydroxyl groups is 2. The van der Waals surface area contributed by atoms with Crippen LogP contribution in [0.15, 0.2) is 24.3 Å². The van der Waals surface area contributed by atoms with Crippen molar-refractivity contribution in [1.29, 1.82) is 0 Å². The highest BCUT2D eigenvalue weighted by Crippen LogP contribution is 2.21. The molecule has 0 aliphatic rings. The van der Waals surface area contributed by atoms with E-state index in [1.807, 2.05) is 50.1 Å². The van der Waals surface area contributed by atoms with Crippen LogP contribution >= 0.6 is 0 Å². The number of hydrogen-bond donors (Lipinski definition) is 2. The van der Waals surface area contributed by atoms with Crippen molar-refractivity contribution in [3.63, 3.8) is 0 Å². The van der Waals surface area contributed by atoms with Gasteiger partial charge in [-0.3, -0.25) is 0 Å². The zero-order chi connectivity index (χ0) is 12.1. The third kappa shape index (κ3) is 2.97. The summed E-state index contributed by atoms with van der Waals surface area (Å²) in [7, 11) is 1.95. The van der Waals surface area contributed by atoms with Gasteiger partial charge in [-0.2, -0.15) is 0 Å². The van der Waals surface area contributed by atoms with E-state index in [2.05, 4.69) is 0 Å². The Hall–Kier alpha value is -1.06. The summed E-state index contributed by atoms with van der Waals surface area (Å²) in [5.74, 6) is 0. The monoisotopic (exact) mass is 223 g/mol. The number of benzene rings is 1. The Balaban J connectivity index is 2.78. The van der Waals surface area contributed by atoms with Gasteiger partial charge in [0.05, 0.1) is 12.7 Å². The molecule has 0 spiro atoms. The molecule has 2 atom stereocenters. The second-order valence-corrected chi connectivity index (χ2v) is 4.16. The Bertz CT molecular complexity index is 310. The highest BCUT2D eigenvalue weighted by Gasteiger charge is 2.09. The highest BCUT2D eigenvalue weighted by molar-refractivity contribution is 5.48. The van der Waals surface area contributed by atoms with E-state index < -0.39 is 0 Å². The van der Waals surface area contributed by atoms with Crippen LogP contribution in [0, 0.1) is 0 Å². The summed E-state index contributed by atoms with van der Waals surface area (Å²) in [6.07, 6.45) is 0.344. The molecule has 1 aromatic rings. The average Bonchev–Trinajstić information content (AvgIpc) is 2.36. The van der Waals surface area contributed by atoms with E-state index in [4.69, 9.17) is 5.11 Å². The van der Waals surface area contributed by atoms with Gasteiger partial charge < -0.3 is 15.1 Å². The van der Waals surface area contributed by atoms with Crippen molar-refractivity contribution >= 4 is 5.69 Å². The third-order valence-electron chi connectivity index (χ3n) is 3.00. The molecule has 16 heavy (non-hydrogen) atoms. The lowest BCUT2D eigenvalue weighted by Gasteiger charge is -2.25. The van der Waals surface area contributed by atoms with Crippen LogP contribution in [0.3, 0.4) is 0 Å². The average molecular weight is 223 g/mol. The standard InChI is InChI=1S/C13H21NO2/c1-4-13(16)11-5-7-12(8-6-11)14(3)10(2)9-15/h5-8,10,13,15-16H,4,9H2,1-3H3/t10?,13-/m1/s1. The van der Waals surface area contributed by atoms with Gasteiger partial charge in [0, 0.05) is 18.8 Å². The van der Waals surface area contributed by atoms with E-state index in [9.17, 15) is 5.11 Å². The molecule has 0 radical (unpaired) electrons. The number of anilines is 1. The lowest BCUT2D eigenvalue weighted by atomic mass is 10.1.